The zero-order valence-corrected chi connectivity index (χ0v) is 10.7. The molecule has 1 N–H and O–H groups in total. The molecule has 98 valence electrons. The Kier molecular flexibility index (Phi) is 4.01. The Bertz CT molecular complexity index is 267. The Morgan fingerprint density at radius 1 is 1.35 bits per heavy atom. The largest absolute Gasteiger partial charge is 0.358 e. The third-order valence-corrected chi connectivity index (χ3v) is 3.83. The van der Waals surface area contributed by atoms with Gasteiger partial charge >= 0.3 is 0 Å². The maximum absolute atomic E-state index is 11.3. The Hall–Kier alpha value is -0.650. The van der Waals surface area contributed by atoms with Gasteiger partial charge < -0.3 is 14.8 Å². The molecule has 2 rings (SSSR count). The van der Waals surface area contributed by atoms with Crippen LogP contribution in [0.25, 0.3) is 0 Å². The Labute approximate surface area is 102 Å². The van der Waals surface area contributed by atoms with Crippen molar-refractivity contribution in [3.63, 3.8) is 0 Å². The van der Waals surface area contributed by atoms with Crippen LogP contribution in [0.1, 0.15) is 25.7 Å². The van der Waals surface area contributed by atoms with Crippen molar-refractivity contribution in [3.8, 4) is 0 Å². The van der Waals surface area contributed by atoms with E-state index in [-0.39, 0.29) is 11.7 Å². The molecule has 1 spiro atoms. The van der Waals surface area contributed by atoms with Gasteiger partial charge in [0.1, 0.15) is 0 Å². The summed E-state index contributed by atoms with van der Waals surface area (Å²) in [4.78, 5) is 13.4. The Balaban J connectivity index is 1.80. The van der Waals surface area contributed by atoms with E-state index in [9.17, 15) is 4.79 Å². The van der Waals surface area contributed by atoms with Crippen LogP contribution in [-0.2, 0) is 14.3 Å². The number of likely N-dealkylation sites (N-methyl/N-ethyl adjacent to an activating group) is 2. The minimum atomic E-state index is -0.301. The number of nitrogens with zero attached hydrogens (tertiary/aromatic N) is 1. The maximum Gasteiger partial charge on any atom is 0.233 e. The van der Waals surface area contributed by atoms with Crippen molar-refractivity contribution in [2.45, 2.75) is 37.5 Å². The van der Waals surface area contributed by atoms with Gasteiger partial charge in [-0.1, -0.05) is 0 Å². The van der Waals surface area contributed by atoms with Gasteiger partial charge in [0, 0.05) is 25.9 Å². The summed E-state index contributed by atoms with van der Waals surface area (Å²) in [5, 5.41) is 2.65. The maximum atomic E-state index is 11.3. The lowest BCUT2D eigenvalue weighted by Crippen LogP contribution is -2.45. The van der Waals surface area contributed by atoms with Crippen LogP contribution in [0.4, 0.5) is 0 Å². The van der Waals surface area contributed by atoms with Gasteiger partial charge in [-0.2, -0.15) is 0 Å². The van der Waals surface area contributed by atoms with E-state index in [1.807, 2.05) is 7.05 Å². The van der Waals surface area contributed by atoms with Gasteiger partial charge in [-0.15, -0.1) is 0 Å². The van der Waals surface area contributed by atoms with Crippen molar-refractivity contribution in [3.05, 3.63) is 0 Å². The molecule has 2 aliphatic rings. The van der Waals surface area contributed by atoms with Crippen molar-refractivity contribution < 1.29 is 14.3 Å². The van der Waals surface area contributed by atoms with E-state index in [2.05, 4.69) is 10.2 Å². The fourth-order valence-electron chi connectivity index (χ4n) is 2.70. The van der Waals surface area contributed by atoms with Crippen LogP contribution in [0, 0.1) is 0 Å². The first-order valence-electron chi connectivity index (χ1n) is 6.34. The normalized spacial score (nSPS) is 24.4. The second-order valence-electron chi connectivity index (χ2n) is 4.93. The van der Waals surface area contributed by atoms with E-state index in [1.165, 1.54) is 0 Å². The first kappa shape index (κ1) is 12.8. The van der Waals surface area contributed by atoms with Crippen LogP contribution in [0.2, 0.25) is 0 Å². The zero-order valence-electron chi connectivity index (χ0n) is 10.7. The quantitative estimate of drug-likeness (QED) is 0.776. The van der Waals surface area contributed by atoms with E-state index in [0.717, 1.165) is 38.9 Å². The van der Waals surface area contributed by atoms with E-state index in [0.29, 0.717) is 12.6 Å². The van der Waals surface area contributed by atoms with Gasteiger partial charge in [0.05, 0.1) is 19.8 Å². The van der Waals surface area contributed by atoms with Crippen LogP contribution in [0.5, 0.6) is 0 Å². The summed E-state index contributed by atoms with van der Waals surface area (Å²) in [6.45, 7) is 1.91. The Morgan fingerprint density at radius 3 is 2.47 bits per heavy atom. The van der Waals surface area contributed by atoms with Crippen molar-refractivity contribution in [2.75, 3.05) is 33.9 Å². The fraction of sp³-hybridized carbons (Fsp3) is 0.917. The second kappa shape index (κ2) is 5.33. The molecule has 1 saturated carbocycles. The highest BCUT2D eigenvalue weighted by atomic mass is 16.7. The topological polar surface area (TPSA) is 50.8 Å². The van der Waals surface area contributed by atoms with Crippen LogP contribution in [0.15, 0.2) is 0 Å². The van der Waals surface area contributed by atoms with Gasteiger partial charge in [0.15, 0.2) is 5.79 Å². The van der Waals surface area contributed by atoms with Crippen LogP contribution in [0.3, 0.4) is 0 Å². The minimum Gasteiger partial charge on any atom is -0.358 e. The molecule has 1 aliphatic heterocycles. The molecule has 0 unspecified atom stereocenters. The third kappa shape index (κ3) is 2.97. The van der Waals surface area contributed by atoms with Gasteiger partial charge in [-0.3, -0.25) is 9.69 Å². The second-order valence-corrected chi connectivity index (χ2v) is 4.93. The average molecular weight is 242 g/mol. The zero-order chi connectivity index (χ0) is 12.3. The summed E-state index contributed by atoms with van der Waals surface area (Å²) in [6, 6.07) is 0.464. The molecule has 0 aromatic rings. The number of ether oxygens (including phenoxy) is 2. The molecule has 5 heteroatoms. The van der Waals surface area contributed by atoms with Gasteiger partial charge in [0.2, 0.25) is 5.91 Å². The molecule has 0 atom stereocenters. The van der Waals surface area contributed by atoms with Gasteiger partial charge in [-0.25, -0.2) is 0 Å². The molecule has 1 heterocycles. The molecular weight excluding hydrogens is 220 g/mol. The monoisotopic (exact) mass is 242 g/mol. The number of rotatable bonds is 3. The van der Waals surface area contributed by atoms with Crippen molar-refractivity contribution in [1.82, 2.24) is 10.2 Å². The van der Waals surface area contributed by atoms with E-state index in [4.69, 9.17) is 9.47 Å². The van der Waals surface area contributed by atoms with E-state index >= 15 is 0 Å². The fourth-order valence-corrected chi connectivity index (χ4v) is 2.70. The molecule has 1 saturated heterocycles. The Morgan fingerprint density at radius 2 is 1.94 bits per heavy atom. The lowest BCUT2D eigenvalue weighted by Gasteiger charge is -2.38. The first-order chi connectivity index (χ1) is 8.15. The molecule has 0 aromatic heterocycles. The number of carbonyl (C=O) groups is 1. The number of carbonyl (C=O) groups excluding carboxylic acids is 1. The summed E-state index contributed by atoms with van der Waals surface area (Å²) < 4.78 is 11.4. The molecule has 0 bridgehead atoms. The van der Waals surface area contributed by atoms with Crippen LogP contribution < -0.4 is 5.32 Å². The van der Waals surface area contributed by atoms with Gasteiger partial charge in [0.25, 0.3) is 0 Å². The first-order valence-corrected chi connectivity index (χ1v) is 6.34. The summed E-state index contributed by atoms with van der Waals surface area (Å²) in [5.74, 6) is -0.231. The number of nitrogens with one attached hydrogen (secondary N) is 1. The van der Waals surface area contributed by atoms with Crippen LogP contribution >= 0.6 is 0 Å². The summed E-state index contributed by atoms with van der Waals surface area (Å²) >= 11 is 0. The van der Waals surface area contributed by atoms with Crippen molar-refractivity contribution in [1.29, 1.82) is 0 Å². The predicted molar refractivity (Wildman–Crippen MR) is 63.6 cm³/mol. The average Bonchev–Trinajstić information content (AvgIpc) is 2.78. The molecule has 1 amide bonds. The predicted octanol–water partition coefficient (Wildman–Crippen LogP) is 0.350. The smallest absolute Gasteiger partial charge is 0.233 e. The third-order valence-electron chi connectivity index (χ3n) is 3.83. The highest BCUT2D eigenvalue weighted by molar-refractivity contribution is 5.77. The van der Waals surface area contributed by atoms with E-state index in [1.54, 1.807) is 7.05 Å². The van der Waals surface area contributed by atoms with Crippen molar-refractivity contribution >= 4 is 5.91 Å². The molecule has 0 radical (unpaired) electrons. The summed E-state index contributed by atoms with van der Waals surface area (Å²) in [5.41, 5.74) is 0. The van der Waals surface area contributed by atoms with Crippen LogP contribution in [-0.4, -0.2) is 56.5 Å². The number of amides is 1. The van der Waals surface area contributed by atoms with E-state index < -0.39 is 0 Å². The molecule has 5 nitrogen and oxygen atoms in total. The highest BCUT2D eigenvalue weighted by Crippen LogP contribution is 2.36. The highest BCUT2D eigenvalue weighted by Gasteiger charge is 2.41. The molecule has 17 heavy (non-hydrogen) atoms. The number of hydrogen-bond acceptors (Lipinski definition) is 4. The minimum absolute atomic E-state index is 0.0705. The molecule has 0 aromatic carbocycles. The van der Waals surface area contributed by atoms with Crippen molar-refractivity contribution in [2.24, 2.45) is 0 Å². The standard InChI is InChI=1S/C12H22N2O3/c1-13-11(15)9-14(2)10-3-5-12(6-4-10)16-7-8-17-12/h10H,3-9H2,1-2H3,(H,13,15). The number of hydrogen-bond donors (Lipinski definition) is 1. The molecular formula is C12H22N2O3. The SMILES string of the molecule is CNC(=O)CN(C)C1CCC2(CC1)OCCO2. The lowest BCUT2D eigenvalue weighted by molar-refractivity contribution is -0.183. The summed E-state index contributed by atoms with van der Waals surface area (Å²) in [6.07, 6.45) is 3.95. The molecule has 1 aliphatic carbocycles. The lowest BCUT2D eigenvalue weighted by atomic mass is 9.89. The summed E-state index contributed by atoms with van der Waals surface area (Å²) in [7, 11) is 3.68. The molecule has 2 fully saturated rings. The van der Waals surface area contributed by atoms with Gasteiger partial charge in [-0.05, 0) is 19.9 Å².